The van der Waals surface area contributed by atoms with Gasteiger partial charge in [-0.15, -0.1) is 0 Å². The molecule has 128 valence electrons. The van der Waals surface area contributed by atoms with Crippen molar-refractivity contribution in [1.82, 2.24) is 18.6 Å². The molecule has 0 unspecified atom stereocenters. The molecule has 0 spiro atoms. The molecule has 2 rings (SSSR count). The third-order valence-corrected chi connectivity index (χ3v) is 7.15. The molecule has 6 heteroatoms. The molecule has 0 radical (unpaired) electrons. The molecular weight excluding hydrogens is 307 g/mol. The van der Waals surface area contributed by atoms with Crippen LogP contribution in [0.4, 0.5) is 0 Å². The molecule has 0 aliphatic heterocycles. The second-order valence-electron chi connectivity index (χ2n) is 6.78. The number of nitrogens with zero attached hydrogens (tertiary/aromatic N) is 4. The first-order valence-electron chi connectivity index (χ1n) is 7.89. The Morgan fingerprint density at radius 1 is 1.04 bits per heavy atom. The van der Waals surface area contributed by atoms with Crippen molar-refractivity contribution in [2.75, 3.05) is 48.8 Å². The van der Waals surface area contributed by atoms with Crippen LogP contribution in [0.5, 0.6) is 0 Å². The van der Waals surface area contributed by atoms with Crippen LogP contribution >= 0.6 is 7.59 Å². The van der Waals surface area contributed by atoms with Crippen LogP contribution in [0.25, 0.3) is 10.9 Å². The van der Waals surface area contributed by atoms with Gasteiger partial charge in [-0.2, -0.15) is 0 Å². The topological polar surface area (TPSA) is 31.7 Å². The minimum atomic E-state index is -2.83. The van der Waals surface area contributed by atoms with Gasteiger partial charge in [0.2, 0.25) is 0 Å². The quantitative estimate of drug-likeness (QED) is 0.759. The van der Waals surface area contributed by atoms with Crippen molar-refractivity contribution in [2.45, 2.75) is 13.3 Å². The van der Waals surface area contributed by atoms with Crippen molar-refractivity contribution in [3.8, 4) is 0 Å². The number of hydrogen-bond acceptors (Lipinski definition) is 2. The molecule has 0 amide bonds. The molecule has 1 aromatic carbocycles. The van der Waals surface area contributed by atoms with E-state index in [0.717, 1.165) is 18.5 Å². The second-order valence-corrected chi connectivity index (χ2v) is 9.84. The second kappa shape index (κ2) is 6.78. The van der Waals surface area contributed by atoms with Crippen LogP contribution in [0.15, 0.2) is 24.4 Å². The lowest BCUT2D eigenvalue weighted by atomic mass is 10.1. The highest BCUT2D eigenvalue weighted by atomic mass is 31.2. The van der Waals surface area contributed by atoms with Gasteiger partial charge in [-0.3, -0.25) is 8.90 Å². The van der Waals surface area contributed by atoms with E-state index in [1.54, 1.807) is 0 Å². The molecule has 0 fully saturated rings. The van der Waals surface area contributed by atoms with Gasteiger partial charge < -0.3 is 4.90 Å². The molecule has 0 bridgehead atoms. The molecule has 0 saturated carbocycles. The van der Waals surface area contributed by atoms with E-state index in [9.17, 15) is 4.57 Å². The largest absolute Gasteiger partial charge is 0.314 e. The molecular formula is C17H29N4OP. The Hall–Kier alpha value is -1.13. The maximum atomic E-state index is 13.7. The van der Waals surface area contributed by atoms with Gasteiger partial charge in [-0.05, 0) is 73.3 Å². The minimum absolute atomic E-state index is 0.945. The van der Waals surface area contributed by atoms with Gasteiger partial charge in [0.15, 0.2) is 0 Å². The number of likely N-dealkylation sites (N-methyl/N-ethyl adjacent to an activating group) is 1. The fourth-order valence-electron chi connectivity index (χ4n) is 2.90. The summed E-state index contributed by atoms with van der Waals surface area (Å²) in [6.45, 7) is 3.07. The lowest BCUT2D eigenvalue weighted by Crippen LogP contribution is -2.25. The van der Waals surface area contributed by atoms with Crippen molar-refractivity contribution in [1.29, 1.82) is 0 Å². The SMILES string of the molecule is Cc1ccc2c(c1)c(CCN(C)C)cn2P(=O)(N(C)C)N(C)C. The van der Waals surface area contributed by atoms with Crippen LogP contribution in [0, 0.1) is 6.92 Å². The van der Waals surface area contributed by atoms with Gasteiger partial charge in [-0.1, -0.05) is 11.6 Å². The average Bonchev–Trinajstić information content (AvgIpc) is 2.81. The zero-order valence-corrected chi connectivity index (χ0v) is 16.3. The highest BCUT2D eigenvalue weighted by molar-refractivity contribution is 7.57. The third-order valence-electron chi connectivity index (χ3n) is 4.17. The number of hydrogen-bond donors (Lipinski definition) is 0. The predicted molar refractivity (Wildman–Crippen MR) is 99.3 cm³/mol. The first-order chi connectivity index (χ1) is 10.7. The van der Waals surface area contributed by atoms with Crippen LogP contribution in [-0.4, -0.2) is 67.4 Å². The molecule has 0 aliphatic carbocycles. The normalized spacial score (nSPS) is 13.0. The Balaban J connectivity index is 2.67. The van der Waals surface area contributed by atoms with Gasteiger partial charge in [0.1, 0.15) is 0 Å². The predicted octanol–water partition coefficient (Wildman–Crippen LogP) is 3.13. The zero-order chi connectivity index (χ0) is 17.4. The monoisotopic (exact) mass is 336 g/mol. The van der Waals surface area contributed by atoms with Crippen molar-refractivity contribution in [3.05, 3.63) is 35.5 Å². The van der Waals surface area contributed by atoms with E-state index in [1.807, 2.05) is 41.9 Å². The first kappa shape index (κ1) is 18.2. The van der Waals surface area contributed by atoms with Gasteiger partial charge in [0.25, 0.3) is 0 Å². The maximum Gasteiger partial charge on any atom is 0.314 e. The standard InChI is InChI=1S/C17H29N4OP/c1-14-8-9-17-16(12-14)15(10-11-18(2)3)13-21(17)23(22,19(4)5)20(6)7/h8-9,12-13H,10-11H2,1-7H3. The highest BCUT2D eigenvalue weighted by Crippen LogP contribution is 2.53. The minimum Gasteiger partial charge on any atom is -0.309 e. The molecule has 1 heterocycles. The summed E-state index contributed by atoms with van der Waals surface area (Å²) in [5, 5.41) is 1.20. The Kier molecular flexibility index (Phi) is 5.37. The van der Waals surface area contributed by atoms with Gasteiger partial charge in [0, 0.05) is 18.1 Å². The van der Waals surface area contributed by atoms with Crippen LogP contribution in [0.3, 0.4) is 0 Å². The van der Waals surface area contributed by atoms with Crippen LogP contribution in [-0.2, 0) is 11.0 Å². The summed E-state index contributed by atoms with van der Waals surface area (Å²) in [6.07, 6.45) is 3.02. The summed E-state index contributed by atoms with van der Waals surface area (Å²) in [7, 11) is 8.82. The van der Waals surface area contributed by atoms with E-state index in [2.05, 4.69) is 50.3 Å². The van der Waals surface area contributed by atoms with Crippen LogP contribution in [0.1, 0.15) is 11.1 Å². The highest BCUT2D eigenvalue weighted by Gasteiger charge is 2.32. The number of aryl methyl sites for hydroxylation is 1. The zero-order valence-electron chi connectivity index (χ0n) is 15.4. The van der Waals surface area contributed by atoms with E-state index in [0.29, 0.717) is 0 Å². The van der Waals surface area contributed by atoms with Crippen molar-refractivity contribution < 1.29 is 4.57 Å². The van der Waals surface area contributed by atoms with E-state index < -0.39 is 7.59 Å². The molecule has 2 aromatic rings. The van der Waals surface area contributed by atoms with Crippen LogP contribution < -0.4 is 0 Å². The Labute approximate surface area is 140 Å². The molecule has 0 saturated heterocycles. The third kappa shape index (κ3) is 3.38. The Morgan fingerprint density at radius 2 is 1.65 bits per heavy atom. The fourth-order valence-corrected chi connectivity index (χ4v) is 5.13. The van der Waals surface area contributed by atoms with Crippen molar-refractivity contribution in [2.24, 2.45) is 0 Å². The maximum absolute atomic E-state index is 13.7. The van der Waals surface area contributed by atoms with E-state index in [4.69, 9.17) is 0 Å². The molecule has 0 N–H and O–H groups in total. The van der Waals surface area contributed by atoms with Crippen LogP contribution in [0.2, 0.25) is 0 Å². The van der Waals surface area contributed by atoms with Gasteiger partial charge in [-0.25, -0.2) is 9.34 Å². The molecule has 0 aliphatic rings. The van der Waals surface area contributed by atoms with E-state index in [-0.39, 0.29) is 0 Å². The number of benzene rings is 1. The summed E-state index contributed by atoms with van der Waals surface area (Å²) < 4.78 is 19.3. The van der Waals surface area contributed by atoms with Gasteiger partial charge >= 0.3 is 7.59 Å². The lowest BCUT2D eigenvalue weighted by Gasteiger charge is -2.31. The number of fused-ring (bicyclic) bond motifs is 1. The summed E-state index contributed by atoms with van der Waals surface area (Å²) in [5.41, 5.74) is 3.52. The average molecular weight is 336 g/mol. The van der Waals surface area contributed by atoms with Crippen molar-refractivity contribution >= 4 is 18.5 Å². The number of aromatic nitrogens is 1. The van der Waals surface area contributed by atoms with Gasteiger partial charge in [0.05, 0.1) is 5.52 Å². The molecule has 23 heavy (non-hydrogen) atoms. The molecule has 0 atom stereocenters. The summed E-state index contributed by atoms with van der Waals surface area (Å²) in [4.78, 5) is 2.18. The molecule has 1 aromatic heterocycles. The lowest BCUT2D eigenvalue weighted by molar-refractivity contribution is 0.414. The van der Waals surface area contributed by atoms with Crippen molar-refractivity contribution in [3.63, 3.8) is 0 Å². The summed E-state index contributed by atoms with van der Waals surface area (Å²) >= 11 is 0. The number of rotatable bonds is 6. The smallest absolute Gasteiger partial charge is 0.309 e. The van der Waals surface area contributed by atoms with E-state index >= 15 is 0 Å². The molecule has 5 nitrogen and oxygen atoms in total. The summed E-state index contributed by atoms with van der Waals surface area (Å²) in [5.74, 6) is 0. The van der Waals surface area contributed by atoms with E-state index in [1.165, 1.54) is 16.5 Å². The fraction of sp³-hybridized carbons (Fsp3) is 0.529. The Morgan fingerprint density at radius 3 is 2.17 bits per heavy atom. The summed E-state index contributed by atoms with van der Waals surface area (Å²) in [6, 6.07) is 6.38. The first-order valence-corrected chi connectivity index (χ1v) is 9.46. The Bertz CT molecular complexity index is 722.